The van der Waals surface area contributed by atoms with Gasteiger partial charge in [0.2, 0.25) is 5.91 Å². The Bertz CT molecular complexity index is 964. The van der Waals surface area contributed by atoms with Gasteiger partial charge in [-0.25, -0.2) is 0 Å². The van der Waals surface area contributed by atoms with Gasteiger partial charge in [0, 0.05) is 25.7 Å². The van der Waals surface area contributed by atoms with Crippen LogP contribution in [0.4, 0.5) is 0 Å². The predicted molar refractivity (Wildman–Crippen MR) is 111 cm³/mol. The highest BCUT2D eigenvalue weighted by molar-refractivity contribution is 6.01. The third-order valence-corrected chi connectivity index (χ3v) is 6.21. The van der Waals surface area contributed by atoms with E-state index < -0.39 is 5.54 Å². The molecule has 30 heavy (non-hydrogen) atoms. The fraction of sp³-hybridized carbons (Fsp3) is 0.455. The standard InChI is InChI=1S/C22H27N5O3/c1-22(21(30)24-16-10-6-7-11-16)14-27-18(20(29)26(22)2)12-17(25-27)19(28)23-13-15-8-4-3-5-9-15/h3-5,8-9,12,16H,6-7,10-11,13-14H2,1-2H3,(H,23,28)(H,24,30)/t22-/m0/s1. The molecule has 1 atom stereocenters. The van der Waals surface area contributed by atoms with Crippen molar-refractivity contribution >= 4 is 17.7 Å². The zero-order valence-corrected chi connectivity index (χ0v) is 17.4. The highest BCUT2D eigenvalue weighted by atomic mass is 16.2. The number of hydrogen-bond donors (Lipinski definition) is 2. The summed E-state index contributed by atoms with van der Waals surface area (Å²) in [4.78, 5) is 40.0. The average molecular weight is 409 g/mol. The zero-order valence-electron chi connectivity index (χ0n) is 17.4. The van der Waals surface area contributed by atoms with Crippen LogP contribution < -0.4 is 10.6 Å². The van der Waals surface area contributed by atoms with Crippen LogP contribution in [0.5, 0.6) is 0 Å². The lowest BCUT2D eigenvalue weighted by atomic mass is 9.95. The van der Waals surface area contributed by atoms with Crippen LogP contribution in [-0.2, 0) is 17.9 Å². The highest BCUT2D eigenvalue weighted by Gasteiger charge is 2.46. The first-order valence-electron chi connectivity index (χ1n) is 10.4. The lowest BCUT2D eigenvalue weighted by Gasteiger charge is -2.41. The van der Waals surface area contributed by atoms with Gasteiger partial charge in [0.1, 0.15) is 11.2 Å². The van der Waals surface area contributed by atoms with Crippen LogP contribution in [0.1, 0.15) is 59.1 Å². The van der Waals surface area contributed by atoms with Crippen LogP contribution in [0.25, 0.3) is 0 Å². The van der Waals surface area contributed by atoms with Crippen molar-refractivity contribution < 1.29 is 14.4 Å². The average Bonchev–Trinajstić information content (AvgIpc) is 3.41. The Morgan fingerprint density at radius 1 is 1.20 bits per heavy atom. The molecule has 2 aromatic rings. The minimum Gasteiger partial charge on any atom is -0.351 e. The molecule has 0 unspecified atom stereocenters. The molecule has 2 N–H and O–H groups in total. The molecule has 0 radical (unpaired) electrons. The lowest BCUT2D eigenvalue weighted by molar-refractivity contribution is -0.133. The van der Waals surface area contributed by atoms with Crippen molar-refractivity contribution in [3.05, 3.63) is 53.3 Å². The van der Waals surface area contributed by atoms with E-state index in [0.29, 0.717) is 12.2 Å². The molecule has 0 spiro atoms. The van der Waals surface area contributed by atoms with Crippen molar-refractivity contribution in [3.8, 4) is 0 Å². The summed E-state index contributed by atoms with van der Waals surface area (Å²) in [6.45, 7) is 2.32. The van der Waals surface area contributed by atoms with E-state index in [1.54, 1.807) is 14.0 Å². The minimum absolute atomic E-state index is 0.163. The summed E-state index contributed by atoms with van der Waals surface area (Å²) in [5.74, 6) is -0.852. The van der Waals surface area contributed by atoms with E-state index in [0.717, 1.165) is 31.2 Å². The molecule has 1 fully saturated rings. The Morgan fingerprint density at radius 3 is 2.60 bits per heavy atom. The van der Waals surface area contributed by atoms with Crippen molar-refractivity contribution in [2.75, 3.05) is 7.05 Å². The highest BCUT2D eigenvalue weighted by Crippen LogP contribution is 2.27. The molecule has 2 heterocycles. The van der Waals surface area contributed by atoms with Gasteiger partial charge in [-0.1, -0.05) is 43.2 Å². The molecule has 2 aliphatic rings. The third kappa shape index (κ3) is 3.69. The largest absolute Gasteiger partial charge is 0.351 e. The molecule has 1 aliphatic heterocycles. The van der Waals surface area contributed by atoms with Crippen LogP contribution in [0.2, 0.25) is 0 Å². The van der Waals surface area contributed by atoms with Crippen LogP contribution in [0, 0.1) is 0 Å². The van der Waals surface area contributed by atoms with E-state index in [1.165, 1.54) is 15.6 Å². The summed E-state index contributed by atoms with van der Waals surface area (Å²) in [6.07, 6.45) is 4.17. The second kappa shape index (κ2) is 7.93. The molecule has 3 amide bonds. The number of benzene rings is 1. The maximum absolute atomic E-state index is 13.0. The molecular formula is C22H27N5O3. The first-order valence-corrected chi connectivity index (χ1v) is 10.4. The number of hydrogen-bond acceptors (Lipinski definition) is 4. The van der Waals surface area contributed by atoms with Gasteiger partial charge in [-0.05, 0) is 25.3 Å². The van der Waals surface area contributed by atoms with Crippen molar-refractivity contribution in [3.63, 3.8) is 0 Å². The van der Waals surface area contributed by atoms with Crippen molar-refractivity contribution in [2.24, 2.45) is 0 Å². The van der Waals surface area contributed by atoms with Gasteiger partial charge in [-0.3, -0.25) is 19.1 Å². The van der Waals surface area contributed by atoms with Gasteiger partial charge in [-0.15, -0.1) is 0 Å². The molecular weight excluding hydrogens is 382 g/mol. The Labute approximate surface area is 175 Å². The number of rotatable bonds is 5. The Kier molecular flexibility index (Phi) is 5.32. The Morgan fingerprint density at radius 2 is 1.90 bits per heavy atom. The molecule has 0 saturated heterocycles. The number of nitrogens with one attached hydrogen (secondary N) is 2. The van der Waals surface area contributed by atoms with E-state index in [1.807, 2.05) is 30.3 Å². The maximum atomic E-state index is 13.0. The Balaban J connectivity index is 1.50. The van der Waals surface area contributed by atoms with E-state index in [4.69, 9.17) is 0 Å². The number of aromatic nitrogens is 2. The molecule has 4 rings (SSSR count). The molecule has 1 aromatic heterocycles. The first-order chi connectivity index (χ1) is 14.4. The van der Waals surface area contributed by atoms with Gasteiger partial charge < -0.3 is 15.5 Å². The first kappa shape index (κ1) is 20.1. The summed E-state index contributed by atoms with van der Waals surface area (Å²) < 4.78 is 1.48. The van der Waals surface area contributed by atoms with E-state index in [9.17, 15) is 14.4 Å². The summed E-state index contributed by atoms with van der Waals surface area (Å²) in [6, 6.07) is 11.2. The second-order valence-corrected chi connectivity index (χ2v) is 8.33. The van der Waals surface area contributed by atoms with Crippen LogP contribution in [-0.4, -0.2) is 51.0 Å². The third-order valence-electron chi connectivity index (χ3n) is 6.21. The SMILES string of the molecule is CN1C(=O)c2cc(C(=O)NCc3ccccc3)nn2C[C@@]1(C)C(=O)NC1CCCC1. The topological polar surface area (TPSA) is 96.3 Å². The van der Waals surface area contributed by atoms with Crippen LogP contribution in [0.3, 0.4) is 0 Å². The second-order valence-electron chi connectivity index (χ2n) is 8.33. The molecule has 1 aliphatic carbocycles. The number of nitrogens with zero attached hydrogens (tertiary/aromatic N) is 3. The van der Waals surface area contributed by atoms with Gasteiger partial charge >= 0.3 is 0 Å². The van der Waals surface area contributed by atoms with Gasteiger partial charge in [0.15, 0.2) is 5.69 Å². The number of amides is 3. The minimum atomic E-state index is -1.06. The van der Waals surface area contributed by atoms with E-state index in [-0.39, 0.29) is 36.0 Å². The molecule has 0 bridgehead atoms. The zero-order chi connectivity index (χ0) is 21.3. The van der Waals surface area contributed by atoms with E-state index in [2.05, 4.69) is 15.7 Å². The van der Waals surface area contributed by atoms with Crippen LogP contribution >= 0.6 is 0 Å². The molecule has 1 aromatic carbocycles. The molecule has 1 saturated carbocycles. The fourth-order valence-corrected chi connectivity index (χ4v) is 4.12. The summed E-state index contributed by atoms with van der Waals surface area (Å²) in [5.41, 5.74) is 0.398. The number of carbonyl (C=O) groups is 3. The Hall–Kier alpha value is -3.16. The summed E-state index contributed by atoms with van der Waals surface area (Å²) in [7, 11) is 1.63. The van der Waals surface area contributed by atoms with Gasteiger partial charge in [0.25, 0.3) is 11.8 Å². The smallest absolute Gasteiger partial charge is 0.272 e. The number of likely N-dealkylation sites (N-methyl/N-ethyl adjacent to an activating group) is 1. The van der Waals surface area contributed by atoms with E-state index >= 15 is 0 Å². The lowest BCUT2D eigenvalue weighted by Crippen LogP contribution is -2.63. The quantitative estimate of drug-likeness (QED) is 0.786. The predicted octanol–water partition coefficient (Wildman–Crippen LogP) is 1.72. The molecule has 158 valence electrons. The number of carbonyl (C=O) groups excluding carboxylic acids is 3. The molecule has 8 heteroatoms. The molecule has 8 nitrogen and oxygen atoms in total. The van der Waals surface area contributed by atoms with Crippen molar-refractivity contribution in [1.29, 1.82) is 0 Å². The van der Waals surface area contributed by atoms with Gasteiger partial charge in [-0.2, -0.15) is 5.10 Å². The van der Waals surface area contributed by atoms with Crippen molar-refractivity contribution in [1.82, 2.24) is 25.3 Å². The fourth-order valence-electron chi connectivity index (χ4n) is 4.12. The van der Waals surface area contributed by atoms with Crippen molar-refractivity contribution in [2.45, 2.75) is 57.3 Å². The van der Waals surface area contributed by atoms with Gasteiger partial charge in [0.05, 0.1) is 6.54 Å². The monoisotopic (exact) mass is 409 g/mol. The van der Waals surface area contributed by atoms with Crippen LogP contribution in [0.15, 0.2) is 36.4 Å². The maximum Gasteiger partial charge on any atom is 0.272 e. The summed E-state index contributed by atoms with van der Waals surface area (Å²) in [5, 5.41) is 10.2. The normalized spacial score (nSPS) is 21.4. The summed E-state index contributed by atoms with van der Waals surface area (Å²) >= 11 is 0. The number of fused-ring (bicyclic) bond motifs is 1.